The molecule has 5 nitrogen and oxygen atoms in total. The van der Waals surface area contributed by atoms with Gasteiger partial charge in [0.1, 0.15) is 16.0 Å². The molecule has 0 saturated carbocycles. The Balaban J connectivity index is 1.71. The van der Waals surface area contributed by atoms with Crippen LogP contribution in [0.4, 0.5) is 10.6 Å². The van der Waals surface area contributed by atoms with Crippen molar-refractivity contribution in [3.8, 4) is 0 Å². The first-order valence-electron chi connectivity index (χ1n) is 6.68. The molecule has 1 aliphatic rings. The molecule has 0 atom stereocenters. The van der Waals surface area contributed by atoms with Gasteiger partial charge in [0.05, 0.1) is 0 Å². The highest BCUT2D eigenvalue weighted by Gasteiger charge is 2.28. The summed E-state index contributed by atoms with van der Waals surface area (Å²) in [5.41, 5.74) is -0.448. The van der Waals surface area contributed by atoms with Gasteiger partial charge in [-0.2, -0.15) is 0 Å². The lowest BCUT2D eigenvalue weighted by Crippen LogP contribution is -2.52. The Morgan fingerprint density at radius 1 is 1.50 bits per heavy atom. The number of nitrogens with one attached hydrogen (secondary N) is 1. The van der Waals surface area contributed by atoms with Gasteiger partial charge < -0.3 is 15.0 Å². The summed E-state index contributed by atoms with van der Waals surface area (Å²) in [7, 11) is 0. The van der Waals surface area contributed by atoms with Gasteiger partial charge in [-0.05, 0) is 48.8 Å². The van der Waals surface area contributed by atoms with Crippen LogP contribution in [0.25, 0.3) is 0 Å². The lowest BCUT2D eigenvalue weighted by molar-refractivity contribution is 0.0516. The number of rotatable bonds is 3. The van der Waals surface area contributed by atoms with Crippen LogP contribution < -0.4 is 10.2 Å². The van der Waals surface area contributed by atoms with E-state index in [1.54, 1.807) is 0 Å². The number of alkyl carbamates (subject to hydrolysis) is 1. The fourth-order valence-electron chi connectivity index (χ4n) is 2.00. The molecule has 1 amide bonds. The molecule has 1 aromatic heterocycles. The number of nitrogens with zero attached hydrogens (tertiary/aromatic N) is 2. The number of amides is 1. The maximum absolute atomic E-state index is 11.5. The van der Waals surface area contributed by atoms with Gasteiger partial charge >= 0.3 is 6.09 Å². The number of anilines is 1. The zero-order valence-corrected chi connectivity index (χ0v) is 13.6. The second kappa shape index (κ2) is 5.99. The van der Waals surface area contributed by atoms with Crippen molar-refractivity contribution in [2.75, 3.05) is 24.5 Å². The van der Waals surface area contributed by atoms with Crippen LogP contribution in [-0.4, -0.2) is 36.3 Å². The van der Waals surface area contributed by atoms with E-state index in [1.165, 1.54) is 0 Å². The second-order valence-electron chi connectivity index (χ2n) is 5.97. The Kier molecular flexibility index (Phi) is 4.52. The third kappa shape index (κ3) is 4.37. The third-order valence-corrected chi connectivity index (χ3v) is 3.36. The summed E-state index contributed by atoms with van der Waals surface area (Å²) in [6.07, 6.45) is -0.350. The Hall–Kier alpha value is -1.30. The Morgan fingerprint density at radius 2 is 2.20 bits per heavy atom. The first-order chi connectivity index (χ1) is 9.33. The molecule has 1 aliphatic heterocycles. The normalized spacial score (nSPS) is 15.7. The highest BCUT2D eigenvalue weighted by atomic mass is 79.9. The molecule has 0 aromatic carbocycles. The molecule has 0 spiro atoms. The Morgan fingerprint density at radius 3 is 2.80 bits per heavy atom. The van der Waals surface area contributed by atoms with Gasteiger partial charge in [0.15, 0.2) is 0 Å². The van der Waals surface area contributed by atoms with Crippen molar-refractivity contribution in [3.63, 3.8) is 0 Å². The van der Waals surface area contributed by atoms with Crippen LogP contribution in [0.3, 0.4) is 0 Å². The zero-order valence-electron chi connectivity index (χ0n) is 12.0. The molecule has 0 radical (unpaired) electrons. The summed E-state index contributed by atoms with van der Waals surface area (Å²) >= 11 is 3.37. The highest BCUT2D eigenvalue weighted by molar-refractivity contribution is 9.10. The van der Waals surface area contributed by atoms with Crippen molar-refractivity contribution < 1.29 is 9.53 Å². The van der Waals surface area contributed by atoms with Crippen LogP contribution in [0.2, 0.25) is 0 Å². The number of hydrogen-bond acceptors (Lipinski definition) is 4. The number of halogens is 1. The fourth-order valence-corrected chi connectivity index (χ4v) is 2.34. The van der Waals surface area contributed by atoms with Crippen LogP contribution in [-0.2, 0) is 4.74 Å². The highest BCUT2D eigenvalue weighted by Crippen LogP contribution is 2.23. The van der Waals surface area contributed by atoms with Crippen molar-refractivity contribution in [1.29, 1.82) is 0 Å². The van der Waals surface area contributed by atoms with Gasteiger partial charge in [0.25, 0.3) is 0 Å². The summed E-state index contributed by atoms with van der Waals surface area (Å²) in [4.78, 5) is 18.1. The van der Waals surface area contributed by atoms with Crippen molar-refractivity contribution in [3.05, 3.63) is 22.8 Å². The van der Waals surface area contributed by atoms with Gasteiger partial charge in [-0.3, -0.25) is 0 Å². The number of hydrogen-bond donors (Lipinski definition) is 1. The van der Waals surface area contributed by atoms with Gasteiger partial charge in [0, 0.05) is 25.6 Å². The van der Waals surface area contributed by atoms with E-state index in [-0.39, 0.29) is 6.09 Å². The van der Waals surface area contributed by atoms with E-state index in [9.17, 15) is 4.79 Å². The van der Waals surface area contributed by atoms with Crippen molar-refractivity contribution >= 4 is 27.8 Å². The lowest BCUT2D eigenvalue weighted by Gasteiger charge is -2.40. The molecule has 0 aliphatic carbocycles. The molecule has 110 valence electrons. The first kappa shape index (κ1) is 15.1. The maximum Gasteiger partial charge on any atom is 0.407 e. The Bertz CT molecular complexity index is 482. The molecule has 1 fully saturated rings. The lowest BCUT2D eigenvalue weighted by atomic mass is 10.0. The SMILES string of the molecule is CC(C)(C)OC(=O)NCC1CN(c2cccc(Br)n2)C1. The summed E-state index contributed by atoms with van der Waals surface area (Å²) in [6, 6.07) is 5.87. The van der Waals surface area contributed by atoms with Gasteiger partial charge in [-0.1, -0.05) is 6.07 Å². The van der Waals surface area contributed by atoms with Crippen molar-refractivity contribution in [1.82, 2.24) is 10.3 Å². The molecule has 2 rings (SSSR count). The number of carbonyl (C=O) groups is 1. The smallest absolute Gasteiger partial charge is 0.407 e. The van der Waals surface area contributed by atoms with E-state index in [0.29, 0.717) is 12.5 Å². The fraction of sp³-hybridized carbons (Fsp3) is 0.571. The van der Waals surface area contributed by atoms with E-state index >= 15 is 0 Å². The molecule has 6 heteroatoms. The van der Waals surface area contributed by atoms with E-state index in [2.05, 4.69) is 31.1 Å². The van der Waals surface area contributed by atoms with Crippen molar-refractivity contribution in [2.45, 2.75) is 26.4 Å². The minimum atomic E-state index is -0.448. The van der Waals surface area contributed by atoms with Gasteiger partial charge in [0.2, 0.25) is 0 Å². The number of ether oxygens (including phenoxy) is 1. The molecule has 1 saturated heterocycles. The summed E-state index contributed by atoms with van der Waals surface area (Å²) in [5.74, 6) is 1.41. The van der Waals surface area contributed by atoms with E-state index in [4.69, 9.17) is 4.74 Å². The minimum Gasteiger partial charge on any atom is -0.444 e. The average molecular weight is 342 g/mol. The molecular weight excluding hydrogens is 322 g/mol. The molecule has 0 bridgehead atoms. The van der Waals surface area contributed by atoms with E-state index in [0.717, 1.165) is 23.5 Å². The number of carbonyl (C=O) groups excluding carboxylic acids is 1. The number of aromatic nitrogens is 1. The summed E-state index contributed by atoms with van der Waals surface area (Å²) in [6.45, 7) is 8.02. The maximum atomic E-state index is 11.5. The third-order valence-electron chi connectivity index (χ3n) is 2.92. The standard InChI is InChI=1S/C14H20BrN3O2/c1-14(2,3)20-13(19)16-7-10-8-18(9-10)12-6-4-5-11(15)17-12/h4-6,10H,7-9H2,1-3H3,(H,16,19). The Labute approximate surface area is 127 Å². The summed E-state index contributed by atoms with van der Waals surface area (Å²) in [5, 5.41) is 2.81. The molecule has 0 unspecified atom stereocenters. The van der Waals surface area contributed by atoms with Crippen LogP contribution in [0.15, 0.2) is 22.8 Å². The quantitative estimate of drug-likeness (QED) is 0.859. The van der Waals surface area contributed by atoms with E-state index in [1.807, 2.05) is 39.0 Å². The number of pyridine rings is 1. The van der Waals surface area contributed by atoms with Crippen LogP contribution in [0, 0.1) is 5.92 Å². The monoisotopic (exact) mass is 341 g/mol. The van der Waals surface area contributed by atoms with Crippen LogP contribution >= 0.6 is 15.9 Å². The predicted molar refractivity (Wildman–Crippen MR) is 81.9 cm³/mol. The molecule has 20 heavy (non-hydrogen) atoms. The minimum absolute atomic E-state index is 0.350. The molecular formula is C14H20BrN3O2. The van der Waals surface area contributed by atoms with Gasteiger partial charge in [-0.15, -0.1) is 0 Å². The predicted octanol–water partition coefficient (Wildman–Crippen LogP) is 2.81. The second-order valence-corrected chi connectivity index (χ2v) is 6.78. The molecule has 1 N–H and O–H groups in total. The largest absolute Gasteiger partial charge is 0.444 e. The van der Waals surface area contributed by atoms with Crippen LogP contribution in [0.5, 0.6) is 0 Å². The first-order valence-corrected chi connectivity index (χ1v) is 7.47. The zero-order chi connectivity index (χ0) is 14.8. The van der Waals surface area contributed by atoms with Gasteiger partial charge in [-0.25, -0.2) is 9.78 Å². The summed E-state index contributed by atoms with van der Waals surface area (Å²) < 4.78 is 6.04. The van der Waals surface area contributed by atoms with Crippen molar-refractivity contribution in [2.24, 2.45) is 5.92 Å². The van der Waals surface area contributed by atoms with E-state index < -0.39 is 5.60 Å². The average Bonchev–Trinajstić information content (AvgIpc) is 2.24. The molecule has 2 heterocycles. The molecule has 1 aromatic rings. The topological polar surface area (TPSA) is 54.5 Å². The van der Waals surface area contributed by atoms with Crippen LogP contribution in [0.1, 0.15) is 20.8 Å².